The van der Waals surface area contributed by atoms with E-state index in [1.165, 1.54) is 0 Å². The molecule has 2 N–H and O–H groups in total. The second kappa shape index (κ2) is 5.61. The largest absolute Gasteiger partial charge is 0.494 e. The summed E-state index contributed by atoms with van der Waals surface area (Å²) < 4.78 is 10.9. The van der Waals surface area contributed by atoms with E-state index in [1.807, 2.05) is 18.2 Å². The van der Waals surface area contributed by atoms with Crippen LogP contribution in [0, 0.1) is 0 Å². The van der Waals surface area contributed by atoms with E-state index in [-0.39, 0.29) is 6.10 Å². The van der Waals surface area contributed by atoms with Crippen LogP contribution in [-0.2, 0) is 11.3 Å². The minimum Gasteiger partial charge on any atom is -0.494 e. The lowest BCUT2D eigenvalue weighted by atomic mass is 10.2. The monoisotopic (exact) mass is 209 g/mol. The van der Waals surface area contributed by atoms with Gasteiger partial charge in [-0.15, -0.1) is 0 Å². The number of hydrogen-bond acceptors (Lipinski definition) is 3. The Balaban J connectivity index is 2.72. The molecule has 0 amide bonds. The first-order chi connectivity index (χ1) is 7.19. The number of benzene rings is 1. The molecule has 0 saturated heterocycles. The van der Waals surface area contributed by atoms with Crippen LogP contribution in [-0.4, -0.2) is 13.2 Å². The van der Waals surface area contributed by atoms with Crippen LogP contribution in [0.2, 0.25) is 0 Å². The number of rotatable bonds is 5. The van der Waals surface area contributed by atoms with Crippen LogP contribution in [0.1, 0.15) is 25.8 Å². The Labute approximate surface area is 91.2 Å². The molecule has 1 unspecified atom stereocenters. The molecule has 0 fully saturated rings. The van der Waals surface area contributed by atoms with Gasteiger partial charge in [-0.2, -0.15) is 0 Å². The van der Waals surface area contributed by atoms with Crippen LogP contribution < -0.4 is 10.5 Å². The van der Waals surface area contributed by atoms with Gasteiger partial charge in [0.25, 0.3) is 0 Å². The Morgan fingerprint density at radius 3 is 2.73 bits per heavy atom. The molecule has 1 rings (SSSR count). The fourth-order valence-corrected chi connectivity index (χ4v) is 1.32. The Morgan fingerprint density at radius 1 is 1.40 bits per heavy atom. The van der Waals surface area contributed by atoms with E-state index in [0.29, 0.717) is 12.3 Å². The Morgan fingerprint density at radius 2 is 2.13 bits per heavy atom. The summed E-state index contributed by atoms with van der Waals surface area (Å²) in [6.45, 7) is 4.70. The fraction of sp³-hybridized carbons (Fsp3) is 0.500. The van der Waals surface area contributed by atoms with E-state index in [2.05, 4.69) is 13.8 Å². The van der Waals surface area contributed by atoms with E-state index in [1.54, 1.807) is 7.11 Å². The molecule has 0 aliphatic carbocycles. The average molecular weight is 209 g/mol. The van der Waals surface area contributed by atoms with Gasteiger partial charge in [0.2, 0.25) is 0 Å². The molecular weight excluding hydrogens is 190 g/mol. The van der Waals surface area contributed by atoms with Crippen molar-refractivity contribution in [3.63, 3.8) is 0 Å². The number of para-hydroxylation sites is 1. The summed E-state index contributed by atoms with van der Waals surface area (Å²) in [5, 5.41) is 0. The van der Waals surface area contributed by atoms with Crippen LogP contribution in [0.4, 0.5) is 5.69 Å². The first-order valence-corrected chi connectivity index (χ1v) is 5.22. The molecule has 0 spiro atoms. The topological polar surface area (TPSA) is 44.5 Å². The van der Waals surface area contributed by atoms with Crippen molar-refractivity contribution in [1.82, 2.24) is 0 Å². The highest BCUT2D eigenvalue weighted by Gasteiger charge is 2.07. The minimum atomic E-state index is 0.260. The molecule has 84 valence electrons. The predicted octanol–water partition coefficient (Wildman–Crippen LogP) is 2.59. The third-order valence-corrected chi connectivity index (χ3v) is 2.43. The second-order valence-electron chi connectivity index (χ2n) is 3.57. The number of nitrogens with two attached hydrogens (primary N) is 1. The van der Waals surface area contributed by atoms with Gasteiger partial charge in [0, 0.05) is 5.56 Å². The molecule has 0 aliphatic heterocycles. The van der Waals surface area contributed by atoms with Crippen LogP contribution >= 0.6 is 0 Å². The van der Waals surface area contributed by atoms with E-state index in [4.69, 9.17) is 15.2 Å². The highest BCUT2D eigenvalue weighted by atomic mass is 16.5. The third kappa shape index (κ3) is 3.13. The SMILES string of the molecule is CCC(C)OCc1cccc(N)c1OC. The molecule has 0 heterocycles. The molecule has 0 radical (unpaired) electrons. The summed E-state index contributed by atoms with van der Waals surface area (Å²) in [6, 6.07) is 5.70. The standard InChI is InChI=1S/C12H19NO2/c1-4-9(2)15-8-10-6-5-7-11(13)12(10)14-3/h5-7,9H,4,8,13H2,1-3H3. The molecule has 0 saturated carbocycles. The molecule has 1 aromatic rings. The molecule has 3 heteroatoms. The maximum absolute atomic E-state index is 5.79. The van der Waals surface area contributed by atoms with Crippen molar-refractivity contribution in [2.24, 2.45) is 0 Å². The van der Waals surface area contributed by atoms with Gasteiger partial charge in [0.05, 0.1) is 25.5 Å². The minimum absolute atomic E-state index is 0.260. The molecule has 0 aromatic heterocycles. The number of hydrogen-bond donors (Lipinski definition) is 1. The summed E-state index contributed by atoms with van der Waals surface area (Å²) in [4.78, 5) is 0. The van der Waals surface area contributed by atoms with E-state index >= 15 is 0 Å². The zero-order valence-electron chi connectivity index (χ0n) is 9.62. The van der Waals surface area contributed by atoms with Crippen molar-refractivity contribution in [3.8, 4) is 5.75 Å². The van der Waals surface area contributed by atoms with Crippen LogP contribution in [0.3, 0.4) is 0 Å². The summed E-state index contributed by atoms with van der Waals surface area (Å²) in [5.41, 5.74) is 7.44. The number of nitrogen functional groups attached to an aromatic ring is 1. The van der Waals surface area contributed by atoms with Gasteiger partial charge >= 0.3 is 0 Å². The quantitative estimate of drug-likeness (QED) is 0.758. The molecule has 0 bridgehead atoms. The van der Waals surface area contributed by atoms with E-state index in [0.717, 1.165) is 17.7 Å². The van der Waals surface area contributed by atoms with E-state index < -0.39 is 0 Å². The molecule has 3 nitrogen and oxygen atoms in total. The predicted molar refractivity (Wildman–Crippen MR) is 61.9 cm³/mol. The number of ether oxygens (including phenoxy) is 2. The third-order valence-electron chi connectivity index (χ3n) is 2.43. The normalized spacial score (nSPS) is 12.5. The maximum Gasteiger partial charge on any atom is 0.147 e. The van der Waals surface area contributed by atoms with Gasteiger partial charge in [-0.05, 0) is 19.4 Å². The Hall–Kier alpha value is -1.22. The first-order valence-electron chi connectivity index (χ1n) is 5.22. The van der Waals surface area contributed by atoms with Crippen LogP contribution in [0.25, 0.3) is 0 Å². The summed E-state index contributed by atoms with van der Waals surface area (Å²) >= 11 is 0. The van der Waals surface area contributed by atoms with Gasteiger partial charge in [0.1, 0.15) is 5.75 Å². The lowest BCUT2D eigenvalue weighted by molar-refractivity contribution is 0.0498. The lowest BCUT2D eigenvalue weighted by Crippen LogP contribution is -2.07. The van der Waals surface area contributed by atoms with Gasteiger partial charge in [-0.3, -0.25) is 0 Å². The van der Waals surface area contributed by atoms with Crippen molar-refractivity contribution in [2.75, 3.05) is 12.8 Å². The molecule has 15 heavy (non-hydrogen) atoms. The van der Waals surface area contributed by atoms with Crippen LogP contribution in [0.15, 0.2) is 18.2 Å². The average Bonchev–Trinajstić information content (AvgIpc) is 2.25. The van der Waals surface area contributed by atoms with Gasteiger partial charge in [-0.25, -0.2) is 0 Å². The maximum atomic E-state index is 5.79. The van der Waals surface area contributed by atoms with E-state index in [9.17, 15) is 0 Å². The first kappa shape index (κ1) is 11.9. The zero-order chi connectivity index (χ0) is 11.3. The summed E-state index contributed by atoms with van der Waals surface area (Å²) in [5.74, 6) is 0.723. The highest BCUT2D eigenvalue weighted by Crippen LogP contribution is 2.26. The van der Waals surface area contributed by atoms with Gasteiger partial charge in [0.15, 0.2) is 0 Å². The molecule has 0 aliphatic rings. The lowest BCUT2D eigenvalue weighted by Gasteiger charge is -2.14. The van der Waals surface area contributed by atoms with Crippen molar-refractivity contribution < 1.29 is 9.47 Å². The number of anilines is 1. The van der Waals surface area contributed by atoms with Gasteiger partial charge in [-0.1, -0.05) is 19.1 Å². The molecule has 1 aromatic carbocycles. The summed E-state index contributed by atoms with van der Waals surface area (Å²) in [7, 11) is 1.62. The zero-order valence-corrected chi connectivity index (χ0v) is 9.62. The van der Waals surface area contributed by atoms with Crippen molar-refractivity contribution in [3.05, 3.63) is 23.8 Å². The Kier molecular flexibility index (Phi) is 4.43. The van der Waals surface area contributed by atoms with Crippen LogP contribution in [0.5, 0.6) is 5.75 Å². The fourth-order valence-electron chi connectivity index (χ4n) is 1.32. The Bertz CT molecular complexity index is 312. The second-order valence-corrected chi connectivity index (χ2v) is 3.57. The molecular formula is C12H19NO2. The smallest absolute Gasteiger partial charge is 0.147 e. The summed E-state index contributed by atoms with van der Waals surface area (Å²) in [6.07, 6.45) is 1.26. The highest BCUT2D eigenvalue weighted by molar-refractivity contribution is 5.56. The van der Waals surface area contributed by atoms with Crippen molar-refractivity contribution in [1.29, 1.82) is 0 Å². The van der Waals surface area contributed by atoms with Gasteiger partial charge < -0.3 is 15.2 Å². The molecule has 1 atom stereocenters. The van der Waals surface area contributed by atoms with Crippen molar-refractivity contribution in [2.45, 2.75) is 33.0 Å². The van der Waals surface area contributed by atoms with Crippen molar-refractivity contribution >= 4 is 5.69 Å². The number of methoxy groups -OCH3 is 1.